The normalized spacial score (nSPS) is 10.6. The highest BCUT2D eigenvalue weighted by molar-refractivity contribution is 5.42. The summed E-state index contributed by atoms with van der Waals surface area (Å²) in [5.74, 6) is -0.204. The van der Waals surface area contributed by atoms with Crippen LogP contribution in [-0.4, -0.2) is 19.8 Å². The van der Waals surface area contributed by atoms with Crippen molar-refractivity contribution in [1.82, 2.24) is 0 Å². The molecule has 3 heteroatoms. The Kier molecular flexibility index (Phi) is 9.07. The molecule has 0 aromatic heterocycles. The Morgan fingerprint density at radius 2 is 1.63 bits per heavy atom. The quantitative estimate of drug-likeness (QED) is 0.591. The van der Waals surface area contributed by atoms with E-state index < -0.39 is 0 Å². The first-order valence-electron chi connectivity index (χ1n) is 7.40. The van der Waals surface area contributed by atoms with Crippen molar-refractivity contribution < 1.29 is 9.13 Å². The maximum atomic E-state index is 12.7. The molecule has 1 N–H and O–H groups in total. The molecule has 0 atom stereocenters. The largest absolute Gasteiger partial charge is 0.383 e. The van der Waals surface area contributed by atoms with Gasteiger partial charge in [-0.2, -0.15) is 0 Å². The van der Waals surface area contributed by atoms with E-state index >= 15 is 0 Å². The summed E-state index contributed by atoms with van der Waals surface area (Å²) in [6.07, 6.45) is 7.74. The molecular weight excluding hydrogens is 241 g/mol. The van der Waals surface area contributed by atoms with Gasteiger partial charge in [0.15, 0.2) is 0 Å². The van der Waals surface area contributed by atoms with Gasteiger partial charge in [-0.3, -0.25) is 0 Å². The molecule has 108 valence electrons. The van der Waals surface area contributed by atoms with E-state index in [1.54, 1.807) is 12.1 Å². The van der Waals surface area contributed by atoms with E-state index in [-0.39, 0.29) is 5.82 Å². The first-order valence-corrected chi connectivity index (χ1v) is 7.40. The standard InChI is InChI=1S/C16H26FNO/c1-2-3-4-5-6-7-13-19-14-12-18-16-10-8-15(17)9-11-16/h8-11,18H,2-7,12-14H2,1H3. The summed E-state index contributed by atoms with van der Waals surface area (Å²) in [5, 5.41) is 3.20. The monoisotopic (exact) mass is 267 g/mol. The van der Waals surface area contributed by atoms with Crippen molar-refractivity contribution >= 4 is 5.69 Å². The second kappa shape index (κ2) is 10.8. The lowest BCUT2D eigenvalue weighted by atomic mass is 10.1. The lowest BCUT2D eigenvalue weighted by Crippen LogP contribution is -2.09. The van der Waals surface area contributed by atoms with Gasteiger partial charge in [0.25, 0.3) is 0 Å². The summed E-state index contributed by atoms with van der Waals surface area (Å²) in [4.78, 5) is 0. The van der Waals surface area contributed by atoms with Crippen molar-refractivity contribution in [2.75, 3.05) is 25.1 Å². The fourth-order valence-corrected chi connectivity index (χ4v) is 1.92. The zero-order valence-electron chi connectivity index (χ0n) is 12.0. The van der Waals surface area contributed by atoms with Gasteiger partial charge in [0.1, 0.15) is 5.82 Å². The Morgan fingerprint density at radius 3 is 2.37 bits per heavy atom. The fourth-order valence-electron chi connectivity index (χ4n) is 1.92. The molecule has 0 aliphatic heterocycles. The van der Waals surface area contributed by atoms with Crippen LogP contribution in [0.4, 0.5) is 10.1 Å². The third-order valence-corrected chi connectivity index (χ3v) is 3.06. The second-order valence-electron chi connectivity index (χ2n) is 4.81. The number of hydrogen-bond acceptors (Lipinski definition) is 2. The predicted octanol–water partition coefficient (Wildman–Crippen LogP) is 4.61. The smallest absolute Gasteiger partial charge is 0.123 e. The van der Waals surface area contributed by atoms with Crippen LogP contribution in [0.2, 0.25) is 0 Å². The summed E-state index contributed by atoms with van der Waals surface area (Å²) in [5.41, 5.74) is 0.935. The summed E-state index contributed by atoms with van der Waals surface area (Å²) in [6, 6.07) is 6.39. The number of benzene rings is 1. The molecule has 1 aromatic rings. The molecule has 0 unspecified atom stereocenters. The topological polar surface area (TPSA) is 21.3 Å². The number of unbranched alkanes of at least 4 members (excludes halogenated alkanes) is 5. The zero-order valence-corrected chi connectivity index (χ0v) is 12.0. The van der Waals surface area contributed by atoms with Crippen LogP contribution in [0.25, 0.3) is 0 Å². The van der Waals surface area contributed by atoms with E-state index in [2.05, 4.69) is 12.2 Å². The van der Waals surface area contributed by atoms with E-state index in [4.69, 9.17) is 4.74 Å². The third-order valence-electron chi connectivity index (χ3n) is 3.06. The van der Waals surface area contributed by atoms with Crippen molar-refractivity contribution in [2.45, 2.75) is 45.4 Å². The van der Waals surface area contributed by atoms with Gasteiger partial charge in [0.2, 0.25) is 0 Å². The van der Waals surface area contributed by atoms with Crippen molar-refractivity contribution in [3.63, 3.8) is 0 Å². The summed E-state index contributed by atoms with van der Waals surface area (Å²) in [6.45, 7) is 4.54. The van der Waals surface area contributed by atoms with E-state index in [9.17, 15) is 4.39 Å². The zero-order chi connectivity index (χ0) is 13.8. The molecule has 19 heavy (non-hydrogen) atoms. The van der Waals surface area contributed by atoms with Crippen LogP contribution in [0.15, 0.2) is 24.3 Å². The number of rotatable bonds is 11. The Labute approximate surface area is 116 Å². The number of nitrogens with one attached hydrogen (secondary N) is 1. The molecule has 0 aliphatic carbocycles. The molecule has 0 heterocycles. The number of anilines is 1. The average Bonchev–Trinajstić information content (AvgIpc) is 2.43. The van der Waals surface area contributed by atoms with Crippen LogP contribution >= 0.6 is 0 Å². The van der Waals surface area contributed by atoms with E-state index in [1.165, 1.54) is 44.2 Å². The Morgan fingerprint density at radius 1 is 0.947 bits per heavy atom. The fraction of sp³-hybridized carbons (Fsp3) is 0.625. The molecule has 0 spiro atoms. The van der Waals surface area contributed by atoms with Gasteiger partial charge in [-0.1, -0.05) is 39.0 Å². The summed E-state index contributed by atoms with van der Waals surface area (Å²) < 4.78 is 18.2. The lowest BCUT2D eigenvalue weighted by molar-refractivity contribution is 0.139. The minimum atomic E-state index is -0.204. The highest BCUT2D eigenvalue weighted by Crippen LogP contribution is 2.07. The van der Waals surface area contributed by atoms with Crippen molar-refractivity contribution in [2.24, 2.45) is 0 Å². The molecule has 1 rings (SSSR count). The van der Waals surface area contributed by atoms with Crippen molar-refractivity contribution in [3.05, 3.63) is 30.1 Å². The average molecular weight is 267 g/mol. The summed E-state index contributed by atoms with van der Waals surface area (Å²) in [7, 11) is 0. The van der Waals surface area contributed by atoms with Gasteiger partial charge in [0.05, 0.1) is 6.61 Å². The molecule has 0 fully saturated rings. The maximum absolute atomic E-state index is 12.7. The van der Waals surface area contributed by atoms with Gasteiger partial charge in [-0.25, -0.2) is 4.39 Å². The lowest BCUT2D eigenvalue weighted by Gasteiger charge is -2.07. The van der Waals surface area contributed by atoms with Crippen molar-refractivity contribution in [1.29, 1.82) is 0 Å². The van der Waals surface area contributed by atoms with Crippen LogP contribution in [0.1, 0.15) is 45.4 Å². The maximum Gasteiger partial charge on any atom is 0.123 e. The highest BCUT2D eigenvalue weighted by Gasteiger charge is 1.94. The van der Waals surface area contributed by atoms with Crippen LogP contribution in [0.5, 0.6) is 0 Å². The summed E-state index contributed by atoms with van der Waals surface area (Å²) >= 11 is 0. The van der Waals surface area contributed by atoms with Crippen molar-refractivity contribution in [3.8, 4) is 0 Å². The minimum absolute atomic E-state index is 0.204. The van der Waals surface area contributed by atoms with E-state index in [0.29, 0.717) is 6.61 Å². The van der Waals surface area contributed by atoms with Crippen LogP contribution in [0.3, 0.4) is 0 Å². The Hall–Kier alpha value is -1.09. The van der Waals surface area contributed by atoms with E-state index in [0.717, 1.165) is 25.3 Å². The predicted molar refractivity (Wildman–Crippen MR) is 79.1 cm³/mol. The number of halogens is 1. The third kappa shape index (κ3) is 8.60. The van der Waals surface area contributed by atoms with Gasteiger partial charge in [-0.15, -0.1) is 0 Å². The number of ether oxygens (including phenoxy) is 1. The SMILES string of the molecule is CCCCCCCCOCCNc1ccc(F)cc1. The van der Waals surface area contributed by atoms with Gasteiger partial charge in [-0.05, 0) is 30.7 Å². The molecular formula is C16H26FNO. The van der Waals surface area contributed by atoms with Crippen LogP contribution in [0, 0.1) is 5.82 Å². The first kappa shape index (κ1) is 16.0. The second-order valence-corrected chi connectivity index (χ2v) is 4.81. The van der Waals surface area contributed by atoms with Crippen LogP contribution in [-0.2, 0) is 4.74 Å². The molecule has 0 saturated heterocycles. The van der Waals surface area contributed by atoms with Gasteiger partial charge in [0, 0.05) is 18.8 Å². The molecule has 0 radical (unpaired) electrons. The van der Waals surface area contributed by atoms with Crippen LogP contribution < -0.4 is 5.32 Å². The van der Waals surface area contributed by atoms with Gasteiger partial charge < -0.3 is 10.1 Å². The highest BCUT2D eigenvalue weighted by atomic mass is 19.1. The number of hydrogen-bond donors (Lipinski definition) is 1. The molecule has 0 bridgehead atoms. The molecule has 0 saturated carbocycles. The molecule has 1 aromatic carbocycles. The Balaban J connectivity index is 1.87. The molecule has 0 aliphatic rings. The Bertz CT molecular complexity index is 313. The van der Waals surface area contributed by atoms with Gasteiger partial charge >= 0.3 is 0 Å². The first-order chi connectivity index (χ1) is 9.33. The molecule has 0 amide bonds. The van der Waals surface area contributed by atoms with E-state index in [1.807, 2.05) is 0 Å². The minimum Gasteiger partial charge on any atom is -0.383 e. The molecule has 2 nitrogen and oxygen atoms in total.